The van der Waals surface area contributed by atoms with Gasteiger partial charge in [0.25, 0.3) is 5.91 Å². The van der Waals surface area contributed by atoms with Gasteiger partial charge in [0, 0.05) is 18.7 Å². The van der Waals surface area contributed by atoms with Crippen molar-refractivity contribution in [3.63, 3.8) is 0 Å². The summed E-state index contributed by atoms with van der Waals surface area (Å²) >= 11 is 0. The molecule has 0 aromatic heterocycles. The quantitative estimate of drug-likeness (QED) is 0.785. The molecule has 1 amide bonds. The van der Waals surface area contributed by atoms with Crippen molar-refractivity contribution in [2.45, 2.75) is 6.42 Å². The third-order valence-electron chi connectivity index (χ3n) is 3.39. The van der Waals surface area contributed by atoms with E-state index in [1.165, 1.54) is 0 Å². The third-order valence-corrected chi connectivity index (χ3v) is 3.39. The lowest BCUT2D eigenvalue weighted by atomic mass is 9.98. The molecule has 0 saturated carbocycles. The monoisotopic (exact) mass is 237 g/mol. The topological polar surface area (TPSA) is 20.3 Å². The number of benzene rings is 2. The molecule has 2 aromatic carbocycles. The first-order chi connectivity index (χ1) is 8.86. The molecule has 0 aliphatic carbocycles. The maximum Gasteiger partial charge on any atom is 0.254 e. The molecule has 1 heterocycles. The van der Waals surface area contributed by atoms with Gasteiger partial charge in [-0.25, -0.2) is 0 Å². The van der Waals surface area contributed by atoms with Crippen LogP contribution in [0.2, 0.25) is 0 Å². The highest BCUT2D eigenvalue weighted by molar-refractivity contribution is 6.01. The van der Waals surface area contributed by atoms with Crippen molar-refractivity contribution in [1.82, 2.24) is 4.90 Å². The van der Waals surface area contributed by atoms with Crippen LogP contribution in [0.5, 0.6) is 0 Å². The summed E-state index contributed by atoms with van der Waals surface area (Å²) in [5.74, 6) is 0.153. The summed E-state index contributed by atoms with van der Waals surface area (Å²) in [5, 5.41) is 0. The molecule has 2 aromatic rings. The van der Waals surface area contributed by atoms with Crippen LogP contribution in [0.3, 0.4) is 0 Å². The molecule has 3 rings (SSSR count). The predicted molar refractivity (Wildman–Crippen MR) is 72.4 cm³/mol. The SMILES string of the molecule is O=C(c1ccccc1-c1ccccc1)N1CCC1. The fourth-order valence-electron chi connectivity index (χ4n) is 2.23. The van der Waals surface area contributed by atoms with E-state index < -0.39 is 0 Å². The van der Waals surface area contributed by atoms with Gasteiger partial charge in [-0.3, -0.25) is 4.79 Å². The minimum Gasteiger partial charge on any atom is -0.338 e. The summed E-state index contributed by atoms with van der Waals surface area (Å²) in [5.41, 5.74) is 2.93. The summed E-state index contributed by atoms with van der Waals surface area (Å²) < 4.78 is 0. The number of carbonyl (C=O) groups excluding carboxylic acids is 1. The summed E-state index contributed by atoms with van der Waals surface area (Å²) in [4.78, 5) is 14.3. The van der Waals surface area contributed by atoms with Gasteiger partial charge in [-0.2, -0.15) is 0 Å². The van der Waals surface area contributed by atoms with E-state index in [9.17, 15) is 4.79 Å². The molecule has 1 saturated heterocycles. The summed E-state index contributed by atoms with van der Waals surface area (Å²) in [7, 11) is 0. The van der Waals surface area contributed by atoms with Crippen molar-refractivity contribution in [3.05, 3.63) is 60.2 Å². The van der Waals surface area contributed by atoms with E-state index in [0.717, 1.165) is 36.2 Å². The Kier molecular flexibility index (Phi) is 2.85. The lowest BCUT2D eigenvalue weighted by Gasteiger charge is -2.31. The van der Waals surface area contributed by atoms with E-state index in [4.69, 9.17) is 0 Å². The Bertz CT molecular complexity index is 558. The van der Waals surface area contributed by atoms with Gasteiger partial charge in [0.2, 0.25) is 0 Å². The lowest BCUT2D eigenvalue weighted by Crippen LogP contribution is -2.42. The molecule has 0 N–H and O–H groups in total. The van der Waals surface area contributed by atoms with Crippen LogP contribution in [0.1, 0.15) is 16.8 Å². The van der Waals surface area contributed by atoms with Crippen LogP contribution < -0.4 is 0 Å². The Labute approximate surface area is 107 Å². The van der Waals surface area contributed by atoms with Crippen LogP contribution in [0.15, 0.2) is 54.6 Å². The Balaban J connectivity index is 2.02. The van der Waals surface area contributed by atoms with Crippen LogP contribution in [-0.2, 0) is 0 Å². The first-order valence-electron chi connectivity index (χ1n) is 6.30. The van der Waals surface area contributed by atoms with Crippen molar-refractivity contribution < 1.29 is 4.79 Å². The minimum absolute atomic E-state index is 0.153. The summed E-state index contributed by atoms with van der Waals surface area (Å²) in [6.45, 7) is 1.78. The molecular weight excluding hydrogens is 222 g/mol. The van der Waals surface area contributed by atoms with Crippen LogP contribution in [0.4, 0.5) is 0 Å². The average Bonchev–Trinajstić information content (AvgIpc) is 2.38. The number of likely N-dealkylation sites (tertiary alicyclic amines) is 1. The highest BCUT2D eigenvalue weighted by Crippen LogP contribution is 2.25. The molecule has 1 fully saturated rings. The van der Waals surface area contributed by atoms with E-state index in [2.05, 4.69) is 0 Å². The van der Waals surface area contributed by atoms with Gasteiger partial charge in [-0.05, 0) is 23.6 Å². The van der Waals surface area contributed by atoms with Crippen molar-refractivity contribution in [1.29, 1.82) is 0 Å². The second-order valence-corrected chi connectivity index (χ2v) is 4.56. The zero-order valence-electron chi connectivity index (χ0n) is 10.2. The Hall–Kier alpha value is -2.09. The van der Waals surface area contributed by atoms with Gasteiger partial charge in [-0.15, -0.1) is 0 Å². The van der Waals surface area contributed by atoms with Gasteiger partial charge in [0.1, 0.15) is 0 Å². The molecule has 0 bridgehead atoms. The van der Waals surface area contributed by atoms with Gasteiger partial charge < -0.3 is 4.90 Å². The van der Waals surface area contributed by atoms with Gasteiger partial charge in [0.15, 0.2) is 0 Å². The maximum atomic E-state index is 12.3. The van der Waals surface area contributed by atoms with Crippen molar-refractivity contribution in [3.8, 4) is 11.1 Å². The van der Waals surface area contributed by atoms with Crippen LogP contribution >= 0.6 is 0 Å². The van der Waals surface area contributed by atoms with Crippen molar-refractivity contribution >= 4 is 5.91 Å². The summed E-state index contributed by atoms with van der Waals surface area (Å²) in [6.07, 6.45) is 1.12. The molecule has 90 valence electrons. The maximum absolute atomic E-state index is 12.3. The van der Waals surface area contributed by atoms with E-state index in [1.54, 1.807) is 0 Å². The summed E-state index contributed by atoms with van der Waals surface area (Å²) in [6, 6.07) is 17.9. The second-order valence-electron chi connectivity index (χ2n) is 4.56. The van der Waals surface area contributed by atoms with E-state index in [1.807, 2.05) is 59.5 Å². The molecule has 2 nitrogen and oxygen atoms in total. The van der Waals surface area contributed by atoms with Crippen LogP contribution in [-0.4, -0.2) is 23.9 Å². The number of hydrogen-bond donors (Lipinski definition) is 0. The first-order valence-corrected chi connectivity index (χ1v) is 6.30. The van der Waals surface area contributed by atoms with E-state index in [0.29, 0.717) is 0 Å². The highest BCUT2D eigenvalue weighted by atomic mass is 16.2. The zero-order chi connectivity index (χ0) is 12.4. The standard InChI is InChI=1S/C16H15NO/c18-16(17-11-6-12-17)15-10-5-4-9-14(15)13-7-2-1-3-8-13/h1-5,7-10H,6,11-12H2. The lowest BCUT2D eigenvalue weighted by molar-refractivity contribution is 0.0652. The van der Waals surface area contributed by atoms with Gasteiger partial charge in [-0.1, -0.05) is 48.5 Å². The van der Waals surface area contributed by atoms with Crippen molar-refractivity contribution in [2.75, 3.05) is 13.1 Å². The van der Waals surface area contributed by atoms with Crippen LogP contribution in [0.25, 0.3) is 11.1 Å². The largest absolute Gasteiger partial charge is 0.338 e. The Morgan fingerprint density at radius 1 is 0.889 bits per heavy atom. The molecule has 0 atom stereocenters. The number of amides is 1. The number of nitrogens with zero attached hydrogens (tertiary/aromatic N) is 1. The predicted octanol–water partition coefficient (Wildman–Crippen LogP) is 3.20. The third kappa shape index (κ3) is 1.90. The number of carbonyl (C=O) groups is 1. The van der Waals surface area contributed by atoms with Crippen molar-refractivity contribution in [2.24, 2.45) is 0 Å². The van der Waals surface area contributed by atoms with Gasteiger partial charge in [0.05, 0.1) is 0 Å². The fraction of sp³-hybridized carbons (Fsp3) is 0.188. The Morgan fingerprint density at radius 3 is 2.22 bits per heavy atom. The van der Waals surface area contributed by atoms with Crippen LogP contribution in [0, 0.1) is 0 Å². The molecule has 1 aliphatic rings. The molecule has 0 spiro atoms. The smallest absolute Gasteiger partial charge is 0.254 e. The molecule has 1 aliphatic heterocycles. The molecule has 18 heavy (non-hydrogen) atoms. The zero-order valence-corrected chi connectivity index (χ0v) is 10.2. The number of hydrogen-bond acceptors (Lipinski definition) is 1. The fourth-order valence-corrected chi connectivity index (χ4v) is 2.23. The van der Waals surface area contributed by atoms with E-state index in [-0.39, 0.29) is 5.91 Å². The molecular formula is C16H15NO. The molecule has 0 unspecified atom stereocenters. The van der Waals surface area contributed by atoms with E-state index >= 15 is 0 Å². The average molecular weight is 237 g/mol. The molecule has 2 heteroatoms. The first kappa shape index (κ1) is 11.0. The number of rotatable bonds is 2. The minimum atomic E-state index is 0.153. The normalized spacial score (nSPS) is 14.1. The Morgan fingerprint density at radius 2 is 1.56 bits per heavy atom. The second kappa shape index (κ2) is 4.65. The molecule has 0 radical (unpaired) electrons. The highest BCUT2D eigenvalue weighted by Gasteiger charge is 2.23. The van der Waals surface area contributed by atoms with Gasteiger partial charge >= 0.3 is 0 Å².